The summed E-state index contributed by atoms with van der Waals surface area (Å²) in [5.41, 5.74) is 0.148. The molecule has 104 valence electrons. The number of rotatable bonds is 2. The Morgan fingerprint density at radius 1 is 1.37 bits per heavy atom. The maximum absolute atomic E-state index is 11.8. The molecule has 2 saturated heterocycles. The van der Waals surface area contributed by atoms with Crippen LogP contribution in [0.4, 0.5) is 0 Å². The topological polar surface area (TPSA) is 36.4 Å². The number of aromatic nitrogens is 1. The van der Waals surface area contributed by atoms with Crippen LogP contribution in [-0.2, 0) is 11.3 Å². The predicted octanol–water partition coefficient (Wildman–Crippen LogP) is 2.12. The van der Waals surface area contributed by atoms with E-state index in [1.165, 1.54) is 11.4 Å². The fourth-order valence-corrected chi connectivity index (χ4v) is 4.10. The van der Waals surface area contributed by atoms with Crippen LogP contribution in [0, 0.1) is 0 Å². The van der Waals surface area contributed by atoms with Crippen molar-refractivity contribution in [2.24, 2.45) is 0 Å². The van der Waals surface area contributed by atoms with Crippen molar-refractivity contribution in [1.82, 2.24) is 14.8 Å². The quantitative estimate of drug-likeness (QED) is 0.832. The van der Waals surface area contributed by atoms with Gasteiger partial charge in [0.2, 0.25) is 5.91 Å². The highest BCUT2D eigenvalue weighted by atomic mass is 32.1. The van der Waals surface area contributed by atoms with Crippen LogP contribution < -0.4 is 0 Å². The summed E-state index contributed by atoms with van der Waals surface area (Å²) in [5.74, 6) is 0.327. The number of likely N-dealkylation sites (tertiary alicyclic amines) is 2. The molecule has 3 rings (SSSR count). The van der Waals surface area contributed by atoms with Crippen molar-refractivity contribution in [3.63, 3.8) is 0 Å². The molecule has 2 aliphatic heterocycles. The first-order valence-electron chi connectivity index (χ1n) is 7.07. The molecule has 0 N–H and O–H groups in total. The Morgan fingerprint density at radius 2 is 2.26 bits per heavy atom. The number of hydrogen-bond donors (Lipinski definition) is 0. The lowest BCUT2D eigenvalue weighted by Crippen LogP contribution is -2.43. The first-order valence-corrected chi connectivity index (χ1v) is 7.95. The van der Waals surface area contributed by atoms with Crippen LogP contribution in [0.2, 0.25) is 0 Å². The van der Waals surface area contributed by atoms with E-state index in [2.05, 4.69) is 9.88 Å². The highest BCUT2D eigenvalue weighted by Gasteiger charge is 2.43. The Balaban J connectivity index is 1.64. The van der Waals surface area contributed by atoms with Crippen molar-refractivity contribution >= 4 is 17.2 Å². The molecule has 4 nitrogen and oxygen atoms in total. The minimum atomic E-state index is 0.148. The van der Waals surface area contributed by atoms with Gasteiger partial charge in [0, 0.05) is 37.1 Å². The van der Waals surface area contributed by atoms with Gasteiger partial charge in [0.15, 0.2) is 0 Å². The van der Waals surface area contributed by atoms with E-state index in [9.17, 15) is 4.79 Å². The zero-order chi connectivity index (χ0) is 13.3. The molecule has 0 saturated carbocycles. The normalized spacial score (nSPS) is 29.1. The average molecular weight is 279 g/mol. The van der Waals surface area contributed by atoms with Crippen molar-refractivity contribution < 1.29 is 4.79 Å². The van der Waals surface area contributed by atoms with E-state index in [4.69, 9.17) is 0 Å². The van der Waals surface area contributed by atoms with Gasteiger partial charge in [-0.25, -0.2) is 4.98 Å². The number of hydrogen-bond acceptors (Lipinski definition) is 4. The Morgan fingerprint density at radius 3 is 2.95 bits per heavy atom. The largest absolute Gasteiger partial charge is 0.340 e. The van der Waals surface area contributed by atoms with Gasteiger partial charge in [-0.2, -0.15) is 0 Å². The van der Waals surface area contributed by atoms with Crippen LogP contribution >= 0.6 is 11.3 Å². The van der Waals surface area contributed by atoms with Crippen molar-refractivity contribution in [3.8, 4) is 0 Å². The van der Waals surface area contributed by atoms with Crippen molar-refractivity contribution in [3.05, 3.63) is 16.6 Å². The number of carbonyl (C=O) groups is 1. The lowest BCUT2D eigenvalue weighted by Gasteiger charge is -2.35. The minimum absolute atomic E-state index is 0.148. The number of thiazole rings is 1. The summed E-state index contributed by atoms with van der Waals surface area (Å²) >= 11 is 1.73. The fourth-order valence-electron chi connectivity index (χ4n) is 3.44. The van der Waals surface area contributed by atoms with E-state index >= 15 is 0 Å². The number of amides is 1. The number of nitrogens with zero attached hydrogens (tertiary/aromatic N) is 3. The molecular weight excluding hydrogens is 258 g/mol. The van der Waals surface area contributed by atoms with E-state index < -0.39 is 0 Å². The van der Waals surface area contributed by atoms with Crippen LogP contribution in [0.25, 0.3) is 0 Å². The van der Waals surface area contributed by atoms with Gasteiger partial charge in [-0.05, 0) is 32.2 Å². The predicted molar refractivity (Wildman–Crippen MR) is 76.0 cm³/mol. The average Bonchev–Trinajstić information content (AvgIpc) is 2.93. The minimum Gasteiger partial charge on any atom is -0.340 e. The standard InChI is InChI=1S/C14H21N3OS/c1-16-13(18)3-5-14(16)4-2-8-17(9-6-14)11-12-15-7-10-19-12/h7,10H,2-6,8-9,11H2,1H3. The van der Waals surface area contributed by atoms with Gasteiger partial charge in [0.1, 0.15) is 5.01 Å². The van der Waals surface area contributed by atoms with Gasteiger partial charge < -0.3 is 4.90 Å². The van der Waals surface area contributed by atoms with Gasteiger partial charge in [0.25, 0.3) is 0 Å². The molecule has 1 amide bonds. The third-order valence-electron chi connectivity index (χ3n) is 4.74. The Kier molecular flexibility index (Phi) is 3.58. The van der Waals surface area contributed by atoms with Crippen LogP contribution in [0.5, 0.6) is 0 Å². The molecule has 0 bridgehead atoms. The second kappa shape index (κ2) is 5.21. The molecule has 3 heterocycles. The zero-order valence-electron chi connectivity index (χ0n) is 11.5. The molecule has 0 aliphatic carbocycles. The Bertz CT molecular complexity index is 448. The molecule has 1 spiro atoms. The Hall–Kier alpha value is -0.940. The lowest BCUT2D eigenvalue weighted by molar-refractivity contribution is -0.129. The molecule has 2 fully saturated rings. The van der Waals surface area contributed by atoms with Gasteiger partial charge in [-0.15, -0.1) is 11.3 Å². The summed E-state index contributed by atoms with van der Waals surface area (Å²) in [6.45, 7) is 3.17. The second-order valence-corrected chi connectivity index (χ2v) is 6.71. The third-order valence-corrected chi connectivity index (χ3v) is 5.51. The smallest absolute Gasteiger partial charge is 0.222 e. The molecule has 1 aromatic heterocycles. The van der Waals surface area contributed by atoms with Crippen molar-refractivity contribution in [1.29, 1.82) is 0 Å². The molecular formula is C14H21N3OS. The fraction of sp³-hybridized carbons (Fsp3) is 0.714. The van der Waals surface area contributed by atoms with E-state index in [1.807, 2.05) is 23.5 Å². The summed E-state index contributed by atoms with van der Waals surface area (Å²) in [4.78, 5) is 20.7. The van der Waals surface area contributed by atoms with Crippen LogP contribution in [-0.4, -0.2) is 46.4 Å². The van der Waals surface area contributed by atoms with Crippen molar-refractivity contribution in [2.45, 2.75) is 44.2 Å². The van der Waals surface area contributed by atoms with Crippen LogP contribution in [0.3, 0.4) is 0 Å². The summed E-state index contributed by atoms with van der Waals surface area (Å²) in [6.07, 6.45) is 7.12. The molecule has 1 aromatic rings. The Labute approximate surface area is 118 Å². The third kappa shape index (κ3) is 2.54. The van der Waals surface area contributed by atoms with E-state index in [0.29, 0.717) is 5.91 Å². The summed E-state index contributed by atoms with van der Waals surface area (Å²) < 4.78 is 0. The highest BCUT2D eigenvalue weighted by Crippen LogP contribution is 2.38. The van der Waals surface area contributed by atoms with Gasteiger partial charge in [0.05, 0.1) is 6.54 Å². The first kappa shape index (κ1) is 13.1. The maximum Gasteiger partial charge on any atom is 0.222 e. The summed E-state index contributed by atoms with van der Waals surface area (Å²) in [5, 5.41) is 3.24. The van der Waals surface area contributed by atoms with E-state index in [0.717, 1.165) is 45.3 Å². The monoisotopic (exact) mass is 279 g/mol. The van der Waals surface area contributed by atoms with E-state index in [-0.39, 0.29) is 5.54 Å². The van der Waals surface area contributed by atoms with Crippen molar-refractivity contribution in [2.75, 3.05) is 20.1 Å². The van der Waals surface area contributed by atoms with Gasteiger partial charge in [-0.1, -0.05) is 0 Å². The van der Waals surface area contributed by atoms with Gasteiger partial charge >= 0.3 is 0 Å². The van der Waals surface area contributed by atoms with Gasteiger partial charge in [-0.3, -0.25) is 9.69 Å². The molecule has 5 heteroatoms. The highest BCUT2D eigenvalue weighted by molar-refractivity contribution is 7.09. The molecule has 1 atom stereocenters. The lowest BCUT2D eigenvalue weighted by atomic mass is 9.88. The maximum atomic E-state index is 11.8. The van der Waals surface area contributed by atoms with Crippen LogP contribution in [0.1, 0.15) is 37.1 Å². The summed E-state index contributed by atoms with van der Waals surface area (Å²) in [6, 6.07) is 0. The summed E-state index contributed by atoms with van der Waals surface area (Å²) in [7, 11) is 1.99. The molecule has 1 unspecified atom stereocenters. The molecule has 19 heavy (non-hydrogen) atoms. The number of carbonyl (C=O) groups excluding carboxylic acids is 1. The van der Waals surface area contributed by atoms with Crippen LogP contribution in [0.15, 0.2) is 11.6 Å². The molecule has 0 radical (unpaired) electrons. The SMILES string of the molecule is CN1C(=O)CCC12CCCN(Cc1nccs1)CC2. The second-order valence-electron chi connectivity index (χ2n) is 5.73. The molecule has 2 aliphatic rings. The first-order chi connectivity index (χ1) is 9.20. The van der Waals surface area contributed by atoms with E-state index in [1.54, 1.807) is 11.3 Å². The molecule has 0 aromatic carbocycles. The zero-order valence-corrected chi connectivity index (χ0v) is 12.3.